The van der Waals surface area contributed by atoms with E-state index in [0.29, 0.717) is 25.5 Å². The summed E-state index contributed by atoms with van der Waals surface area (Å²) in [6, 6.07) is 18.4. The summed E-state index contributed by atoms with van der Waals surface area (Å²) in [7, 11) is 6.66. The van der Waals surface area contributed by atoms with Crippen LogP contribution >= 0.6 is 0 Å². The van der Waals surface area contributed by atoms with E-state index in [1.54, 1.807) is 28.4 Å². The SMILES string of the molecule is CCCCc1nc2c(NCc3ccc(OC)cc3OC)nc3cc(CCCCCNC(=O)OC(C)(C)C)ccc3c2n1Cc1ccc(OC)cc1OC. The van der Waals surface area contributed by atoms with Gasteiger partial charge in [0.25, 0.3) is 0 Å². The van der Waals surface area contributed by atoms with E-state index in [2.05, 4.69) is 46.4 Å². The minimum absolute atomic E-state index is 0.373. The number of benzene rings is 3. The Morgan fingerprint density at radius 1 is 0.774 bits per heavy atom. The molecule has 0 aliphatic heterocycles. The highest BCUT2D eigenvalue weighted by atomic mass is 16.6. The molecule has 3 aromatic carbocycles. The molecular weight excluding hydrogens is 670 g/mol. The monoisotopic (exact) mass is 725 g/mol. The maximum Gasteiger partial charge on any atom is 0.407 e. The van der Waals surface area contributed by atoms with Crippen LogP contribution in [0.2, 0.25) is 0 Å². The van der Waals surface area contributed by atoms with Crippen molar-refractivity contribution in [2.45, 2.75) is 91.3 Å². The maximum absolute atomic E-state index is 12.0. The molecule has 0 fully saturated rings. The number of pyridine rings is 1. The number of nitrogens with one attached hydrogen (secondary N) is 2. The summed E-state index contributed by atoms with van der Waals surface area (Å²) in [4.78, 5) is 22.5. The molecule has 5 aromatic rings. The van der Waals surface area contributed by atoms with E-state index >= 15 is 0 Å². The third-order valence-electron chi connectivity index (χ3n) is 9.15. The molecule has 0 bridgehead atoms. The van der Waals surface area contributed by atoms with Gasteiger partial charge in [0.15, 0.2) is 5.82 Å². The standard InChI is InChI=1S/C42H55N5O6/c1-9-10-15-37-46-38-39(47(37)27-30-18-20-32(50-6)25-36(30)52-8)33-21-16-28(14-12-11-13-22-43-41(48)53-42(2,3)4)23-34(33)45-40(38)44-26-29-17-19-31(49-5)24-35(29)51-7/h16-21,23-25H,9-15,22,26-27H2,1-8H3,(H,43,48)(H,44,45). The van der Waals surface area contributed by atoms with Crippen LogP contribution in [0, 0.1) is 0 Å². The van der Waals surface area contributed by atoms with Gasteiger partial charge in [-0.05, 0) is 82.3 Å². The fourth-order valence-corrected chi connectivity index (χ4v) is 6.42. The van der Waals surface area contributed by atoms with E-state index in [0.717, 1.165) is 107 Å². The number of ether oxygens (including phenoxy) is 5. The summed E-state index contributed by atoms with van der Waals surface area (Å²) < 4.78 is 30.1. The third-order valence-corrected chi connectivity index (χ3v) is 9.15. The van der Waals surface area contributed by atoms with Gasteiger partial charge in [-0.25, -0.2) is 14.8 Å². The number of aromatic nitrogens is 3. The molecule has 5 rings (SSSR count). The van der Waals surface area contributed by atoms with Gasteiger partial charge < -0.3 is 38.9 Å². The van der Waals surface area contributed by atoms with Crippen LogP contribution in [-0.2, 0) is 30.7 Å². The van der Waals surface area contributed by atoms with Crippen molar-refractivity contribution in [1.29, 1.82) is 0 Å². The Morgan fingerprint density at radius 3 is 2.13 bits per heavy atom. The Balaban J connectivity index is 1.50. The number of imidazole rings is 1. The van der Waals surface area contributed by atoms with Gasteiger partial charge in [0.2, 0.25) is 0 Å². The number of unbranched alkanes of at least 4 members (excludes halogenated alkanes) is 3. The summed E-state index contributed by atoms with van der Waals surface area (Å²) in [5.41, 5.74) is 5.47. The Labute approximate surface area is 313 Å². The normalized spacial score (nSPS) is 11.5. The molecular formula is C42H55N5O6. The average Bonchev–Trinajstić information content (AvgIpc) is 3.51. The number of fused-ring (bicyclic) bond motifs is 3. The van der Waals surface area contributed by atoms with Crippen molar-refractivity contribution in [3.63, 3.8) is 0 Å². The minimum Gasteiger partial charge on any atom is -0.497 e. The van der Waals surface area contributed by atoms with Crippen molar-refractivity contribution in [3.05, 3.63) is 77.1 Å². The van der Waals surface area contributed by atoms with Crippen molar-refractivity contribution in [3.8, 4) is 23.0 Å². The molecule has 1 amide bonds. The first-order chi connectivity index (χ1) is 25.6. The highest BCUT2D eigenvalue weighted by Crippen LogP contribution is 2.35. The molecule has 284 valence electrons. The molecule has 0 spiro atoms. The quantitative estimate of drug-likeness (QED) is 0.0855. The lowest BCUT2D eigenvalue weighted by molar-refractivity contribution is 0.0527. The minimum atomic E-state index is -0.505. The van der Waals surface area contributed by atoms with Crippen LogP contribution < -0.4 is 29.6 Å². The third kappa shape index (κ3) is 10.0. The van der Waals surface area contributed by atoms with Crippen molar-refractivity contribution < 1.29 is 28.5 Å². The molecule has 0 radical (unpaired) electrons. The molecule has 0 saturated carbocycles. The van der Waals surface area contributed by atoms with Crippen LogP contribution in [0.1, 0.15) is 82.3 Å². The zero-order valence-corrected chi connectivity index (χ0v) is 32.6. The van der Waals surface area contributed by atoms with E-state index in [4.69, 9.17) is 33.7 Å². The average molecular weight is 726 g/mol. The number of hydrogen-bond donors (Lipinski definition) is 2. The first-order valence-electron chi connectivity index (χ1n) is 18.5. The zero-order chi connectivity index (χ0) is 38.0. The van der Waals surface area contributed by atoms with Gasteiger partial charge in [-0.2, -0.15) is 0 Å². The van der Waals surface area contributed by atoms with Gasteiger partial charge in [0.05, 0.1) is 46.0 Å². The molecule has 2 aromatic heterocycles. The number of amides is 1. The summed E-state index contributed by atoms with van der Waals surface area (Å²) in [5, 5.41) is 7.52. The van der Waals surface area contributed by atoms with Crippen LogP contribution in [0.15, 0.2) is 54.6 Å². The highest BCUT2D eigenvalue weighted by Gasteiger charge is 2.21. The van der Waals surface area contributed by atoms with Crippen molar-refractivity contribution >= 4 is 33.8 Å². The lowest BCUT2D eigenvalue weighted by Gasteiger charge is -2.19. The van der Waals surface area contributed by atoms with E-state index in [-0.39, 0.29) is 6.09 Å². The second-order valence-electron chi connectivity index (χ2n) is 14.2. The number of nitrogens with zero attached hydrogens (tertiary/aromatic N) is 3. The fourth-order valence-electron chi connectivity index (χ4n) is 6.42. The Bertz CT molecular complexity index is 2000. The van der Waals surface area contributed by atoms with Gasteiger partial charge >= 0.3 is 6.09 Å². The number of carbonyl (C=O) groups excluding carboxylic acids is 1. The van der Waals surface area contributed by atoms with E-state index in [1.165, 1.54) is 5.56 Å². The van der Waals surface area contributed by atoms with Gasteiger partial charge in [0, 0.05) is 48.2 Å². The van der Waals surface area contributed by atoms with Crippen molar-refractivity contribution in [2.24, 2.45) is 0 Å². The molecule has 11 nitrogen and oxygen atoms in total. The maximum atomic E-state index is 12.0. The number of hydrogen-bond acceptors (Lipinski definition) is 9. The smallest absolute Gasteiger partial charge is 0.407 e. The zero-order valence-electron chi connectivity index (χ0n) is 32.6. The van der Waals surface area contributed by atoms with Crippen LogP contribution in [0.3, 0.4) is 0 Å². The van der Waals surface area contributed by atoms with Crippen LogP contribution in [0.25, 0.3) is 21.9 Å². The van der Waals surface area contributed by atoms with E-state index < -0.39 is 5.60 Å². The van der Waals surface area contributed by atoms with Crippen molar-refractivity contribution in [1.82, 2.24) is 19.9 Å². The highest BCUT2D eigenvalue weighted by molar-refractivity contribution is 6.07. The number of anilines is 1. The number of rotatable bonds is 18. The Morgan fingerprint density at radius 2 is 1.47 bits per heavy atom. The second kappa shape index (κ2) is 18.0. The lowest BCUT2D eigenvalue weighted by Crippen LogP contribution is -2.32. The topological polar surface area (TPSA) is 118 Å². The molecule has 0 aliphatic rings. The molecule has 0 aliphatic carbocycles. The largest absolute Gasteiger partial charge is 0.497 e. The summed E-state index contributed by atoms with van der Waals surface area (Å²) in [5.74, 6) is 4.70. The predicted octanol–water partition coefficient (Wildman–Crippen LogP) is 8.86. The Hall–Kier alpha value is -5.19. The molecule has 0 atom stereocenters. The molecule has 0 saturated heterocycles. The van der Waals surface area contributed by atoms with E-state index in [9.17, 15) is 4.79 Å². The van der Waals surface area contributed by atoms with E-state index in [1.807, 2.05) is 51.1 Å². The molecule has 2 N–H and O–H groups in total. The van der Waals surface area contributed by atoms with Gasteiger partial charge in [0.1, 0.15) is 39.9 Å². The second-order valence-corrected chi connectivity index (χ2v) is 14.2. The first kappa shape index (κ1) is 39.0. The Kier molecular flexibility index (Phi) is 13.3. The summed E-state index contributed by atoms with van der Waals surface area (Å²) in [6.07, 6.45) is 6.27. The summed E-state index contributed by atoms with van der Waals surface area (Å²) in [6.45, 7) is 9.45. The summed E-state index contributed by atoms with van der Waals surface area (Å²) >= 11 is 0. The van der Waals surface area contributed by atoms with Crippen LogP contribution in [0.5, 0.6) is 23.0 Å². The molecule has 53 heavy (non-hydrogen) atoms. The molecule has 2 heterocycles. The first-order valence-corrected chi connectivity index (χ1v) is 18.5. The lowest BCUT2D eigenvalue weighted by atomic mass is 10.0. The predicted molar refractivity (Wildman–Crippen MR) is 211 cm³/mol. The van der Waals surface area contributed by atoms with Gasteiger partial charge in [-0.3, -0.25) is 0 Å². The van der Waals surface area contributed by atoms with Crippen molar-refractivity contribution in [2.75, 3.05) is 40.3 Å². The van der Waals surface area contributed by atoms with Gasteiger partial charge in [-0.15, -0.1) is 0 Å². The number of aryl methyl sites for hydroxylation is 2. The van der Waals surface area contributed by atoms with Gasteiger partial charge in [-0.1, -0.05) is 31.9 Å². The van der Waals surface area contributed by atoms with Crippen LogP contribution in [-0.4, -0.2) is 61.2 Å². The molecule has 11 heteroatoms. The fraction of sp³-hybridized carbons (Fsp3) is 0.452. The number of methoxy groups -OCH3 is 4. The number of alkyl carbamates (subject to hydrolysis) is 1. The van der Waals surface area contributed by atoms with Crippen LogP contribution in [0.4, 0.5) is 10.6 Å². The number of carbonyl (C=O) groups is 1. The molecule has 0 unspecified atom stereocenters.